The molecule has 0 atom stereocenters. The highest BCUT2D eigenvalue weighted by molar-refractivity contribution is 5.64. The fourth-order valence-corrected chi connectivity index (χ4v) is 3.32. The van der Waals surface area contributed by atoms with Gasteiger partial charge in [0.05, 0.1) is 0 Å². The summed E-state index contributed by atoms with van der Waals surface area (Å²) >= 11 is 0. The molecule has 1 heterocycles. The van der Waals surface area contributed by atoms with Crippen molar-refractivity contribution in [1.29, 1.82) is 0 Å². The topological polar surface area (TPSA) is 3.24 Å². The first-order chi connectivity index (χ1) is 11.0. The molecule has 2 aromatic rings. The van der Waals surface area contributed by atoms with Gasteiger partial charge in [-0.25, -0.2) is 0 Å². The van der Waals surface area contributed by atoms with Crippen molar-refractivity contribution in [3.63, 3.8) is 0 Å². The van der Waals surface area contributed by atoms with Gasteiger partial charge in [-0.3, -0.25) is 0 Å². The lowest BCUT2D eigenvalue weighted by Gasteiger charge is -2.19. The summed E-state index contributed by atoms with van der Waals surface area (Å²) in [6.45, 7) is 10.6. The first-order valence-electron chi connectivity index (χ1n) is 8.94. The largest absolute Gasteiger partial charge is 0.303 e. The molecule has 0 radical (unpaired) electrons. The van der Waals surface area contributed by atoms with Crippen LogP contribution in [0.15, 0.2) is 48.5 Å². The number of hydrogen-bond acceptors (Lipinski definition) is 1. The van der Waals surface area contributed by atoms with Crippen LogP contribution >= 0.6 is 0 Å². The Morgan fingerprint density at radius 1 is 0.783 bits per heavy atom. The zero-order valence-electron chi connectivity index (χ0n) is 14.8. The third-order valence-electron chi connectivity index (χ3n) is 4.95. The van der Waals surface area contributed by atoms with Gasteiger partial charge in [-0.1, -0.05) is 69.3 Å². The minimum atomic E-state index is 0.220. The number of likely N-dealkylation sites (tertiary alicyclic amines) is 1. The Bertz CT molecular complexity index is 611. The Morgan fingerprint density at radius 3 is 1.83 bits per heavy atom. The molecule has 0 amide bonds. The molecule has 0 aliphatic carbocycles. The van der Waals surface area contributed by atoms with Crippen molar-refractivity contribution in [2.45, 2.75) is 45.4 Å². The number of rotatable bonds is 4. The monoisotopic (exact) mass is 307 g/mol. The Kier molecular flexibility index (Phi) is 4.87. The van der Waals surface area contributed by atoms with Gasteiger partial charge in [0, 0.05) is 6.54 Å². The summed E-state index contributed by atoms with van der Waals surface area (Å²) in [6.07, 6.45) is 3.93. The van der Waals surface area contributed by atoms with Crippen LogP contribution in [0.4, 0.5) is 0 Å². The quantitative estimate of drug-likeness (QED) is 0.742. The number of hydrogen-bond donors (Lipinski definition) is 0. The van der Waals surface area contributed by atoms with Crippen LogP contribution < -0.4 is 0 Å². The van der Waals surface area contributed by atoms with Crippen LogP contribution in [0.5, 0.6) is 0 Å². The van der Waals surface area contributed by atoms with E-state index in [4.69, 9.17) is 0 Å². The van der Waals surface area contributed by atoms with Crippen LogP contribution in [-0.4, -0.2) is 24.5 Å². The van der Waals surface area contributed by atoms with Crippen molar-refractivity contribution in [2.24, 2.45) is 0 Å². The number of benzene rings is 2. The van der Waals surface area contributed by atoms with Gasteiger partial charge in [0.25, 0.3) is 0 Å². The molecule has 1 heteroatoms. The van der Waals surface area contributed by atoms with E-state index < -0.39 is 0 Å². The van der Waals surface area contributed by atoms with E-state index in [2.05, 4.69) is 74.2 Å². The van der Waals surface area contributed by atoms with E-state index in [9.17, 15) is 0 Å². The van der Waals surface area contributed by atoms with Gasteiger partial charge in [-0.15, -0.1) is 0 Å². The summed E-state index contributed by atoms with van der Waals surface area (Å²) < 4.78 is 0. The average molecular weight is 307 g/mol. The van der Waals surface area contributed by atoms with E-state index in [0.717, 1.165) is 0 Å². The molecule has 0 N–H and O–H groups in total. The SMILES string of the molecule is CC(C)(C)c1ccc(-c2ccc(CCN3CCCC3)cc2)cc1. The van der Waals surface area contributed by atoms with Gasteiger partial charge in [0.2, 0.25) is 0 Å². The van der Waals surface area contributed by atoms with Gasteiger partial charge in [-0.2, -0.15) is 0 Å². The lowest BCUT2D eigenvalue weighted by atomic mass is 9.86. The molecule has 1 nitrogen and oxygen atoms in total. The average Bonchev–Trinajstić information content (AvgIpc) is 3.06. The van der Waals surface area contributed by atoms with E-state index in [-0.39, 0.29) is 5.41 Å². The van der Waals surface area contributed by atoms with E-state index in [1.54, 1.807) is 0 Å². The highest BCUT2D eigenvalue weighted by Gasteiger charge is 2.13. The molecule has 3 rings (SSSR count). The molecule has 1 aliphatic rings. The second-order valence-corrected chi connectivity index (χ2v) is 7.82. The summed E-state index contributed by atoms with van der Waals surface area (Å²) in [5.41, 5.74) is 5.69. The van der Waals surface area contributed by atoms with Crippen molar-refractivity contribution in [3.8, 4) is 11.1 Å². The molecule has 0 bridgehead atoms. The van der Waals surface area contributed by atoms with Gasteiger partial charge in [-0.05, 0) is 60.0 Å². The summed E-state index contributed by atoms with van der Waals surface area (Å²) in [4.78, 5) is 2.58. The fraction of sp³-hybridized carbons (Fsp3) is 0.455. The maximum absolute atomic E-state index is 2.58. The van der Waals surface area contributed by atoms with Gasteiger partial charge < -0.3 is 4.90 Å². The van der Waals surface area contributed by atoms with Gasteiger partial charge in [0.1, 0.15) is 0 Å². The molecule has 1 aliphatic heterocycles. The van der Waals surface area contributed by atoms with Crippen molar-refractivity contribution >= 4 is 0 Å². The first kappa shape index (κ1) is 16.3. The van der Waals surface area contributed by atoms with Crippen LogP contribution in [0.2, 0.25) is 0 Å². The van der Waals surface area contributed by atoms with Crippen LogP contribution in [0.1, 0.15) is 44.7 Å². The Hall–Kier alpha value is -1.60. The molecular weight excluding hydrogens is 278 g/mol. The van der Waals surface area contributed by atoms with E-state index >= 15 is 0 Å². The van der Waals surface area contributed by atoms with Crippen LogP contribution in [-0.2, 0) is 11.8 Å². The van der Waals surface area contributed by atoms with Gasteiger partial charge in [0.15, 0.2) is 0 Å². The zero-order valence-corrected chi connectivity index (χ0v) is 14.8. The Balaban J connectivity index is 1.64. The predicted molar refractivity (Wildman–Crippen MR) is 100.0 cm³/mol. The second-order valence-electron chi connectivity index (χ2n) is 7.82. The van der Waals surface area contributed by atoms with Gasteiger partial charge >= 0.3 is 0 Å². The molecule has 2 aromatic carbocycles. The zero-order chi connectivity index (χ0) is 16.3. The standard InChI is InChI=1S/C22H29N/c1-22(2,3)21-12-10-20(11-13-21)19-8-6-18(7-9-19)14-17-23-15-4-5-16-23/h6-13H,4-5,14-17H2,1-3H3. The molecular formula is C22H29N. The predicted octanol–water partition coefficient (Wildman–Crippen LogP) is 5.29. The summed E-state index contributed by atoms with van der Waals surface area (Å²) in [5.74, 6) is 0. The first-order valence-corrected chi connectivity index (χ1v) is 8.94. The van der Waals surface area contributed by atoms with E-state index in [1.165, 1.54) is 61.2 Å². The fourth-order valence-electron chi connectivity index (χ4n) is 3.32. The summed E-state index contributed by atoms with van der Waals surface area (Å²) in [7, 11) is 0. The highest BCUT2D eigenvalue weighted by atomic mass is 15.1. The molecule has 0 spiro atoms. The molecule has 1 saturated heterocycles. The van der Waals surface area contributed by atoms with Crippen LogP contribution in [0.25, 0.3) is 11.1 Å². The molecule has 23 heavy (non-hydrogen) atoms. The Morgan fingerprint density at radius 2 is 1.30 bits per heavy atom. The van der Waals surface area contributed by atoms with Crippen molar-refractivity contribution in [2.75, 3.05) is 19.6 Å². The maximum Gasteiger partial charge on any atom is 0.00218 e. The third-order valence-corrected chi connectivity index (χ3v) is 4.95. The normalized spacial score (nSPS) is 16.0. The summed E-state index contributed by atoms with van der Waals surface area (Å²) in [6, 6.07) is 18.1. The lowest BCUT2D eigenvalue weighted by Crippen LogP contribution is -2.21. The maximum atomic E-state index is 2.58. The minimum Gasteiger partial charge on any atom is -0.303 e. The smallest absolute Gasteiger partial charge is 0.00218 e. The van der Waals surface area contributed by atoms with E-state index in [0.29, 0.717) is 0 Å². The summed E-state index contributed by atoms with van der Waals surface area (Å²) in [5, 5.41) is 0. The third kappa shape index (κ3) is 4.23. The second kappa shape index (κ2) is 6.88. The van der Waals surface area contributed by atoms with Crippen molar-refractivity contribution in [3.05, 3.63) is 59.7 Å². The Labute approximate surface area is 141 Å². The number of nitrogens with zero attached hydrogens (tertiary/aromatic N) is 1. The molecule has 0 unspecified atom stereocenters. The molecule has 122 valence electrons. The minimum absolute atomic E-state index is 0.220. The van der Waals surface area contributed by atoms with E-state index in [1.807, 2.05) is 0 Å². The molecule has 1 fully saturated rings. The van der Waals surface area contributed by atoms with Crippen LogP contribution in [0, 0.1) is 0 Å². The molecule has 0 aromatic heterocycles. The molecule has 0 saturated carbocycles. The highest BCUT2D eigenvalue weighted by Crippen LogP contribution is 2.26. The van der Waals surface area contributed by atoms with Crippen LogP contribution in [0.3, 0.4) is 0 Å². The van der Waals surface area contributed by atoms with Crippen molar-refractivity contribution in [1.82, 2.24) is 4.90 Å². The van der Waals surface area contributed by atoms with Crippen molar-refractivity contribution < 1.29 is 0 Å². The lowest BCUT2D eigenvalue weighted by molar-refractivity contribution is 0.343.